The summed E-state index contributed by atoms with van der Waals surface area (Å²) in [4.78, 5) is 36.3. The summed E-state index contributed by atoms with van der Waals surface area (Å²) >= 11 is 5.95. The normalized spacial score (nSPS) is 11.2. The van der Waals surface area contributed by atoms with Gasteiger partial charge in [0.15, 0.2) is 6.61 Å². The number of imide groups is 1. The smallest absolute Gasteiger partial charge is 0.345 e. The number of halogens is 1. The Morgan fingerprint density at radius 2 is 1.82 bits per heavy atom. The van der Waals surface area contributed by atoms with Crippen molar-refractivity contribution in [3.63, 3.8) is 0 Å². The summed E-state index contributed by atoms with van der Waals surface area (Å²) in [6, 6.07) is 12.7. The number of amides is 3. The largest absolute Gasteiger partial charge is 0.482 e. The van der Waals surface area contributed by atoms with Crippen LogP contribution in [-0.4, -0.2) is 31.1 Å². The van der Waals surface area contributed by atoms with Crippen molar-refractivity contribution < 1.29 is 23.9 Å². The van der Waals surface area contributed by atoms with Gasteiger partial charge < -0.3 is 14.8 Å². The van der Waals surface area contributed by atoms with Gasteiger partial charge in [-0.05, 0) is 37.6 Å². The van der Waals surface area contributed by atoms with Crippen LogP contribution in [0.2, 0.25) is 5.02 Å². The van der Waals surface area contributed by atoms with Gasteiger partial charge in [0, 0.05) is 17.1 Å². The first-order valence-electron chi connectivity index (χ1n) is 8.62. The van der Waals surface area contributed by atoms with E-state index in [4.69, 9.17) is 21.1 Å². The zero-order valence-electron chi connectivity index (χ0n) is 15.5. The molecule has 0 radical (unpaired) electrons. The van der Waals surface area contributed by atoms with E-state index in [1.54, 1.807) is 55.5 Å². The lowest BCUT2D eigenvalue weighted by Crippen LogP contribution is -2.42. The van der Waals surface area contributed by atoms with E-state index in [0.717, 1.165) is 5.56 Å². The summed E-state index contributed by atoms with van der Waals surface area (Å²) in [5.41, 5.74) is 1.23. The van der Waals surface area contributed by atoms with Crippen molar-refractivity contribution in [2.45, 2.75) is 20.0 Å². The first kappa shape index (κ1) is 21.2. The van der Waals surface area contributed by atoms with Crippen LogP contribution in [0.3, 0.4) is 0 Å². The molecule has 0 saturated carbocycles. The van der Waals surface area contributed by atoms with E-state index in [2.05, 4.69) is 10.6 Å². The number of ether oxygens (including phenoxy) is 2. The Morgan fingerprint density at radius 1 is 1.11 bits per heavy atom. The third-order valence-corrected chi connectivity index (χ3v) is 4.07. The van der Waals surface area contributed by atoms with E-state index in [0.29, 0.717) is 22.9 Å². The fourth-order valence-corrected chi connectivity index (χ4v) is 2.42. The Morgan fingerprint density at radius 3 is 2.46 bits per heavy atom. The van der Waals surface area contributed by atoms with Crippen LogP contribution in [0.15, 0.2) is 48.5 Å². The number of carbonyl (C=O) groups excluding carboxylic acids is 3. The average molecular weight is 405 g/mol. The maximum atomic E-state index is 12.4. The number of rotatable bonds is 7. The highest BCUT2D eigenvalue weighted by molar-refractivity contribution is 6.31. The summed E-state index contributed by atoms with van der Waals surface area (Å²) in [6.45, 7) is 3.47. The van der Waals surface area contributed by atoms with Gasteiger partial charge in [-0.1, -0.05) is 41.9 Å². The summed E-state index contributed by atoms with van der Waals surface area (Å²) in [5, 5.41) is 5.18. The molecule has 1 atom stereocenters. The molecule has 2 rings (SSSR count). The number of hydrogen-bond acceptors (Lipinski definition) is 5. The van der Waals surface area contributed by atoms with Gasteiger partial charge in [0.2, 0.25) is 6.10 Å². The molecule has 0 bridgehead atoms. The molecule has 7 nitrogen and oxygen atoms in total. The SMILES string of the molecule is CCNC(=O)NC(=O)[C@H](OC(=O)COc1ccc(Cl)c(C)c1)c1ccccc1. The summed E-state index contributed by atoms with van der Waals surface area (Å²) < 4.78 is 10.7. The van der Waals surface area contributed by atoms with Crippen molar-refractivity contribution in [3.05, 3.63) is 64.7 Å². The molecule has 148 valence electrons. The monoisotopic (exact) mass is 404 g/mol. The molecule has 3 amide bonds. The second kappa shape index (κ2) is 10.3. The summed E-state index contributed by atoms with van der Waals surface area (Å²) in [5.74, 6) is -1.07. The van der Waals surface area contributed by atoms with Crippen LogP contribution >= 0.6 is 11.6 Å². The Labute approximate surface area is 168 Å². The molecule has 2 aromatic rings. The zero-order chi connectivity index (χ0) is 20.5. The van der Waals surface area contributed by atoms with Crippen molar-refractivity contribution in [1.29, 1.82) is 0 Å². The molecule has 2 aromatic carbocycles. The Balaban J connectivity index is 2.04. The molecule has 2 N–H and O–H groups in total. The fourth-order valence-electron chi connectivity index (χ4n) is 2.30. The number of aryl methyl sites for hydroxylation is 1. The first-order chi connectivity index (χ1) is 13.4. The van der Waals surface area contributed by atoms with Crippen LogP contribution in [0.1, 0.15) is 24.2 Å². The minimum absolute atomic E-state index is 0.350. The highest BCUT2D eigenvalue weighted by Crippen LogP contribution is 2.22. The van der Waals surface area contributed by atoms with Gasteiger partial charge in [-0.25, -0.2) is 9.59 Å². The molecule has 0 spiro atoms. The van der Waals surface area contributed by atoms with Gasteiger partial charge in [-0.3, -0.25) is 10.1 Å². The van der Waals surface area contributed by atoms with Crippen LogP contribution in [0, 0.1) is 6.92 Å². The average Bonchev–Trinajstić information content (AvgIpc) is 2.67. The van der Waals surface area contributed by atoms with Crippen molar-refractivity contribution >= 4 is 29.5 Å². The lowest BCUT2D eigenvalue weighted by atomic mass is 10.1. The van der Waals surface area contributed by atoms with Crippen LogP contribution in [0.25, 0.3) is 0 Å². The molecule has 0 aromatic heterocycles. The van der Waals surface area contributed by atoms with E-state index in [1.165, 1.54) is 0 Å². The van der Waals surface area contributed by atoms with E-state index >= 15 is 0 Å². The number of nitrogens with one attached hydrogen (secondary N) is 2. The predicted octanol–water partition coefficient (Wildman–Crippen LogP) is 3.16. The van der Waals surface area contributed by atoms with E-state index in [1.807, 2.05) is 6.92 Å². The lowest BCUT2D eigenvalue weighted by Gasteiger charge is -2.18. The van der Waals surface area contributed by atoms with Crippen molar-refractivity contribution in [3.8, 4) is 5.75 Å². The molecule has 0 unspecified atom stereocenters. The maximum absolute atomic E-state index is 12.4. The van der Waals surface area contributed by atoms with Crippen molar-refractivity contribution in [2.75, 3.05) is 13.2 Å². The van der Waals surface area contributed by atoms with Crippen LogP contribution in [0.5, 0.6) is 5.75 Å². The lowest BCUT2D eigenvalue weighted by molar-refractivity contribution is -0.158. The second-order valence-corrected chi connectivity index (χ2v) is 6.24. The topological polar surface area (TPSA) is 93.7 Å². The molecule has 0 fully saturated rings. The molecule has 0 aliphatic heterocycles. The third kappa shape index (κ3) is 6.28. The van der Waals surface area contributed by atoms with Crippen LogP contribution in [-0.2, 0) is 14.3 Å². The predicted molar refractivity (Wildman–Crippen MR) is 104 cm³/mol. The molecular formula is C20H21ClN2O5. The number of esters is 1. The quantitative estimate of drug-likeness (QED) is 0.691. The van der Waals surface area contributed by atoms with Gasteiger partial charge in [0.05, 0.1) is 0 Å². The molecule has 0 aliphatic rings. The highest BCUT2D eigenvalue weighted by Gasteiger charge is 2.26. The van der Waals surface area contributed by atoms with Gasteiger partial charge in [0.25, 0.3) is 5.91 Å². The van der Waals surface area contributed by atoms with Crippen molar-refractivity contribution in [2.24, 2.45) is 0 Å². The summed E-state index contributed by atoms with van der Waals surface area (Å²) in [6.07, 6.45) is -1.29. The second-order valence-electron chi connectivity index (χ2n) is 5.83. The Bertz CT molecular complexity index is 842. The van der Waals surface area contributed by atoms with Gasteiger partial charge in [0.1, 0.15) is 5.75 Å². The third-order valence-electron chi connectivity index (χ3n) is 3.65. The van der Waals surface area contributed by atoms with Crippen LogP contribution in [0.4, 0.5) is 4.79 Å². The van der Waals surface area contributed by atoms with Crippen molar-refractivity contribution in [1.82, 2.24) is 10.6 Å². The number of carbonyl (C=O) groups is 3. The molecule has 0 saturated heterocycles. The number of urea groups is 1. The van der Waals surface area contributed by atoms with Gasteiger partial charge in [-0.2, -0.15) is 0 Å². The maximum Gasteiger partial charge on any atom is 0.345 e. The highest BCUT2D eigenvalue weighted by atomic mass is 35.5. The molecule has 8 heteroatoms. The van der Waals surface area contributed by atoms with E-state index in [9.17, 15) is 14.4 Å². The zero-order valence-corrected chi connectivity index (χ0v) is 16.3. The number of hydrogen-bond donors (Lipinski definition) is 2. The fraction of sp³-hybridized carbons (Fsp3) is 0.250. The van der Waals surface area contributed by atoms with E-state index < -0.39 is 30.6 Å². The van der Waals surface area contributed by atoms with Crippen LogP contribution < -0.4 is 15.4 Å². The van der Waals surface area contributed by atoms with E-state index in [-0.39, 0.29) is 0 Å². The number of benzene rings is 2. The molecule has 0 aliphatic carbocycles. The Hall–Kier alpha value is -3.06. The minimum Gasteiger partial charge on any atom is -0.482 e. The first-order valence-corrected chi connectivity index (χ1v) is 9.00. The standard InChI is InChI=1S/C20H21ClN2O5/c1-3-22-20(26)23-19(25)18(14-7-5-4-6-8-14)28-17(24)12-27-15-9-10-16(21)13(2)11-15/h4-11,18H,3,12H2,1-2H3,(H2,22,23,25,26)/t18-/m1/s1. The molecular weight excluding hydrogens is 384 g/mol. The van der Waals surface area contributed by atoms with Gasteiger partial charge >= 0.3 is 12.0 Å². The Kier molecular flexibility index (Phi) is 7.83. The molecule has 28 heavy (non-hydrogen) atoms. The summed E-state index contributed by atoms with van der Waals surface area (Å²) in [7, 11) is 0. The minimum atomic E-state index is -1.29. The van der Waals surface area contributed by atoms with Gasteiger partial charge in [-0.15, -0.1) is 0 Å². The molecule has 0 heterocycles.